The Balaban J connectivity index is 0.00000289. The van der Waals surface area contributed by atoms with Gasteiger partial charge in [-0.3, -0.25) is 4.99 Å². The van der Waals surface area contributed by atoms with E-state index in [2.05, 4.69) is 42.9 Å². The second kappa shape index (κ2) is 8.23. The van der Waals surface area contributed by atoms with Gasteiger partial charge >= 0.3 is 0 Å². The Morgan fingerprint density at radius 1 is 1.39 bits per heavy atom. The van der Waals surface area contributed by atoms with Crippen molar-refractivity contribution in [3.8, 4) is 0 Å². The van der Waals surface area contributed by atoms with Crippen LogP contribution in [0.25, 0.3) is 0 Å². The molecule has 0 aromatic heterocycles. The zero-order valence-corrected chi connectivity index (χ0v) is 15.0. The van der Waals surface area contributed by atoms with E-state index < -0.39 is 0 Å². The highest BCUT2D eigenvalue weighted by molar-refractivity contribution is 14.0. The second-order valence-electron chi connectivity index (χ2n) is 6.35. The van der Waals surface area contributed by atoms with Crippen molar-refractivity contribution in [2.24, 2.45) is 16.3 Å². The van der Waals surface area contributed by atoms with Crippen molar-refractivity contribution in [3.05, 3.63) is 0 Å². The van der Waals surface area contributed by atoms with Crippen LogP contribution in [0, 0.1) is 11.3 Å². The molecule has 1 heterocycles. The first-order chi connectivity index (χ1) is 7.94. The number of likely N-dealkylation sites (tertiary alicyclic amines) is 1. The van der Waals surface area contributed by atoms with E-state index in [1.54, 1.807) is 0 Å². The number of guanidine groups is 1. The topological polar surface area (TPSA) is 27.6 Å². The minimum atomic E-state index is 0. The van der Waals surface area contributed by atoms with Crippen molar-refractivity contribution in [1.82, 2.24) is 10.2 Å². The van der Waals surface area contributed by atoms with E-state index in [1.165, 1.54) is 19.3 Å². The van der Waals surface area contributed by atoms with Crippen LogP contribution in [0.3, 0.4) is 0 Å². The normalized spacial score (nSPS) is 19.0. The lowest BCUT2D eigenvalue weighted by Gasteiger charge is -2.23. The van der Waals surface area contributed by atoms with Gasteiger partial charge in [0.05, 0.1) is 0 Å². The van der Waals surface area contributed by atoms with Crippen molar-refractivity contribution in [3.63, 3.8) is 0 Å². The predicted molar refractivity (Wildman–Crippen MR) is 90.8 cm³/mol. The largest absolute Gasteiger partial charge is 0.356 e. The van der Waals surface area contributed by atoms with Crippen molar-refractivity contribution < 1.29 is 0 Å². The number of nitrogens with zero attached hydrogens (tertiary/aromatic N) is 2. The number of nitrogens with one attached hydrogen (secondary N) is 1. The monoisotopic (exact) mass is 367 g/mol. The van der Waals surface area contributed by atoms with Gasteiger partial charge in [-0.25, -0.2) is 0 Å². The Morgan fingerprint density at radius 2 is 2.06 bits per heavy atom. The molecule has 1 aliphatic heterocycles. The van der Waals surface area contributed by atoms with Gasteiger partial charge in [-0.2, -0.15) is 0 Å². The number of hydrogen-bond acceptors (Lipinski definition) is 1. The van der Waals surface area contributed by atoms with Gasteiger partial charge in [0.25, 0.3) is 0 Å². The first-order valence-corrected chi connectivity index (χ1v) is 6.90. The molecule has 0 atom stereocenters. The van der Waals surface area contributed by atoms with Gasteiger partial charge in [0.2, 0.25) is 0 Å². The standard InChI is InChI=1S/C14H29N3.HI/c1-12(2)7-6-9-16-13(15-5)17-10-8-14(3,4)11-17;/h12H,6-11H2,1-5H3,(H,15,16);1H. The maximum absolute atomic E-state index is 4.38. The highest BCUT2D eigenvalue weighted by Crippen LogP contribution is 2.28. The summed E-state index contributed by atoms with van der Waals surface area (Å²) >= 11 is 0. The fourth-order valence-electron chi connectivity index (χ4n) is 2.34. The van der Waals surface area contributed by atoms with Crippen molar-refractivity contribution in [2.45, 2.75) is 47.0 Å². The van der Waals surface area contributed by atoms with Gasteiger partial charge < -0.3 is 10.2 Å². The highest BCUT2D eigenvalue weighted by Gasteiger charge is 2.30. The van der Waals surface area contributed by atoms with Crippen LogP contribution in [0.15, 0.2) is 4.99 Å². The van der Waals surface area contributed by atoms with Crippen LogP contribution in [0.2, 0.25) is 0 Å². The Morgan fingerprint density at radius 3 is 2.50 bits per heavy atom. The minimum Gasteiger partial charge on any atom is -0.356 e. The molecule has 1 saturated heterocycles. The van der Waals surface area contributed by atoms with Crippen LogP contribution in [0.5, 0.6) is 0 Å². The van der Waals surface area contributed by atoms with Crippen molar-refractivity contribution in [1.29, 1.82) is 0 Å². The summed E-state index contributed by atoms with van der Waals surface area (Å²) in [5.41, 5.74) is 0.440. The van der Waals surface area contributed by atoms with E-state index in [1.807, 2.05) is 7.05 Å². The fraction of sp³-hybridized carbons (Fsp3) is 0.929. The summed E-state index contributed by atoms with van der Waals surface area (Å²) in [4.78, 5) is 6.77. The van der Waals surface area contributed by atoms with Crippen LogP contribution in [-0.2, 0) is 0 Å². The lowest BCUT2D eigenvalue weighted by Crippen LogP contribution is -2.41. The second-order valence-corrected chi connectivity index (χ2v) is 6.35. The van der Waals surface area contributed by atoms with Gasteiger partial charge in [0.1, 0.15) is 0 Å². The molecule has 0 aliphatic carbocycles. The molecule has 108 valence electrons. The summed E-state index contributed by atoms with van der Waals surface area (Å²) in [6.45, 7) is 12.5. The van der Waals surface area contributed by atoms with E-state index in [0.29, 0.717) is 5.41 Å². The SMILES string of the molecule is CN=C(NCCCC(C)C)N1CCC(C)(C)C1.I. The quantitative estimate of drug-likeness (QED) is 0.357. The molecule has 0 radical (unpaired) electrons. The maximum Gasteiger partial charge on any atom is 0.193 e. The number of halogens is 1. The fourth-order valence-corrected chi connectivity index (χ4v) is 2.34. The lowest BCUT2D eigenvalue weighted by atomic mass is 9.93. The van der Waals surface area contributed by atoms with Gasteiger partial charge in [0.15, 0.2) is 5.96 Å². The molecular formula is C14H30IN3. The molecule has 0 unspecified atom stereocenters. The summed E-state index contributed by atoms with van der Waals surface area (Å²) in [6, 6.07) is 0. The first kappa shape index (κ1) is 18.0. The summed E-state index contributed by atoms with van der Waals surface area (Å²) in [5.74, 6) is 1.88. The Labute approximate surface area is 130 Å². The van der Waals surface area contributed by atoms with Crippen molar-refractivity contribution in [2.75, 3.05) is 26.7 Å². The smallest absolute Gasteiger partial charge is 0.193 e. The molecule has 1 fully saturated rings. The molecule has 18 heavy (non-hydrogen) atoms. The van der Waals surface area contributed by atoms with E-state index in [-0.39, 0.29) is 24.0 Å². The summed E-state index contributed by atoms with van der Waals surface area (Å²) in [5, 5.41) is 3.48. The van der Waals surface area contributed by atoms with Crippen LogP contribution < -0.4 is 5.32 Å². The number of hydrogen-bond donors (Lipinski definition) is 1. The number of rotatable bonds is 4. The molecule has 0 aromatic rings. The Bertz CT molecular complexity index is 262. The molecule has 4 heteroatoms. The molecule has 3 nitrogen and oxygen atoms in total. The highest BCUT2D eigenvalue weighted by atomic mass is 127. The maximum atomic E-state index is 4.38. The van der Waals surface area contributed by atoms with Gasteiger partial charge in [-0.05, 0) is 30.6 Å². The van der Waals surface area contributed by atoms with E-state index in [4.69, 9.17) is 0 Å². The molecule has 0 amide bonds. The number of aliphatic imine (C=N–C) groups is 1. The minimum absolute atomic E-state index is 0. The molecule has 1 rings (SSSR count). The summed E-state index contributed by atoms with van der Waals surface area (Å²) in [6.07, 6.45) is 3.78. The van der Waals surface area contributed by atoms with Gasteiger partial charge in [-0.15, -0.1) is 24.0 Å². The van der Waals surface area contributed by atoms with Crippen LogP contribution >= 0.6 is 24.0 Å². The van der Waals surface area contributed by atoms with Crippen LogP contribution in [-0.4, -0.2) is 37.5 Å². The summed E-state index contributed by atoms with van der Waals surface area (Å²) in [7, 11) is 1.89. The summed E-state index contributed by atoms with van der Waals surface area (Å²) < 4.78 is 0. The third kappa shape index (κ3) is 6.25. The zero-order chi connectivity index (χ0) is 12.9. The van der Waals surface area contributed by atoms with E-state index in [0.717, 1.165) is 31.5 Å². The van der Waals surface area contributed by atoms with Gasteiger partial charge in [0, 0.05) is 26.7 Å². The molecule has 0 spiro atoms. The van der Waals surface area contributed by atoms with Crippen molar-refractivity contribution >= 4 is 29.9 Å². The average molecular weight is 367 g/mol. The zero-order valence-electron chi connectivity index (χ0n) is 12.6. The van der Waals surface area contributed by atoms with E-state index in [9.17, 15) is 0 Å². The molecule has 0 saturated carbocycles. The molecule has 1 aliphatic rings. The average Bonchev–Trinajstić information content (AvgIpc) is 2.58. The lowest BCUT2D eigenvalue weighted by molar-refractivity contribution is 0.369. The molecule has 1 N–H and O–H groups in total. The first-order valence-electron chi connectivity index (χ1n) is 6.90. The molecule has 0 aromatic carbocycles. The Kier molecular flexibility index (Phi) is 8.23. The predicted octanol–water partition coefficient (Wildman–Crippen LogP) is 3.35. The molecule has 0 bridgehead atoms. The third-order valence-corrected chi connectivity index (χ3v) is 3.43. The molecular weight excluding hydrogens is 337 g/mol. The third-order valence-electron chi connectivity index (χ3n) is 3.43. The van der Waals surface area contributed by atoms with Gasteiger partial charge in [-0.1, -0.05) is 27.7 Å². The van der Waals surface area contributed by atoms with E-state index >= 15 is 0 Å². The van der Waals surface area contributed by atoms with Crippen LogP contribution in [0.4, 0.5) is 0 Å². The van der Waals surface area contributed by atoms with Crippen LogP contribution in [0.1, 0.15) is 47.0 Å². The Hall–Kier alpha value is 0.